The number of hydrogen-bond donors (Lipinski definition) is 3. The largest absolute Gasteiger partial charge is 0.367 e. The Morgan fingerprint density at radius 3 is 2.70 bits per heavy atom. The third kappa shape index (κ3) is 7.30. The van der Waals surface area contributed by atoms with Gasteiger partial charge < -0.3 is 20.9 Å². The van der Waals surface area contributed by atoms with Crippen molar-refractivity contribution in [2.24, 2.45) is 10.9 Å². The van der Waals surface area contributed by atoms with Gasteiger partial charge >= 0.3 is 0 Å². The summed E-state index contributed by atoms with van der Waals surface area (Å²) in [6.45, 7) is 2.86. The van der Waals surface area contributed by atoms with E-state index >= 15 is 0 Å². The van der Waals surface area contributed by atoms with Crippen molar-refractivity contribution in [1.82, 2.24) is 20.5 Å². The first-order chi connectivity index (χ1) is 14.1. The molecule has 2 fully saturated rings. The molecule has 1 aromatic heterocycles. The van der Waals surface area contributed by atoms with Crippen LogP contribution in [0.3, 0.4) is 0 Å². The Morgan fingerprint density at radius 2 is 2.00 bits per heavy atom. The second kappa shape index (κ2) is 12.8. The summed E-state index contributed by atoms with van der Waals surface area (Å²) >= 11 is 12.0. The van der Waals surface area contributed by atoms with Crippen LogP contribution in [-0.4, -0.2) is 61.0 Å². The summed E-state index contributed by atoms with van der Waals surface area (Å²) in [5.41, 5.74) is 0. The number of aliphatic imine (C=N–C) groups is 1. The highest BCUT2D eigenvalue weighted by Gasteiger charge is 2.31. The first-order valence-electron chi connectivity index (χ1n) is 10.4. The number of hydrogen-bond acceptors (Lipinski definition) is 4. The number of aromatic nitrogens is 1. The van der Waals surface area contributed by atoms with Crippen LogP contribution in [0.15, 0.2) is 17.3 Å². The quantitative estimate of drug-likeness (QED) is 0.211. The zero-order valence-electron chi connectivity index (χ0n) is 17.3. The van der Waals surface area contributed by atoms with E-state index in [1.54, 1.807) is 19.3 Å². The molecule has 1 saturated heterocycles. The second-order valence-electron chi connectivity index (χ2n) is 7.66. The van der Waals surface area contributed by atoms with Crippen molar-refractivity contribution >= 4 is 64.9 Å². The summed E-state index contributed by atoms with van der Waals surface area (Å²) in [6, 6.07) is 1.89. The first kappa shape index (κ1) is 25.3. The summed E-state index contributed by atoms with van der Waals surface area (Å²) < 4.78 is 0. The highest BCUT2D eigenvalue weighted by atomic mass is 127. The molecule has 168 valence electrons. The van der Waals surface area contributed by atoms with Crippen LogP contribution in [0.1, 0.15) is 38.5 Å². The number of guanidine groups is 1. The third-order valence-corrected chi connectivity index (χ3v) is 6.03. The fourth-order valence-corrected chi connectivity index (χ4v) is 4.43. The van der Waals surface area contributed by atoms with Crippen molar-refractivity contribution in [2.45, 2.75) is 44.6 Å². The average molecular weight is 569 g/mol. The molecule has 3 N–H and O–H groups in total. The van der Waals surface area contributed by atoms with Crippen molar-refractivity contribution in [3.8, 4) is 0 Å². The van der Waals surface area contributed by atoms with E-state index in [0.717, 1.165) is 38.3 Å². The lowest BCUT2D eigenvalue weighted by molar-refractivity contribution is -0.135. The summed E-state index contributed by atoms with van der Waals surface area (Å²) in [5, 5.41) is 10.9. The Hall–Kier alpha value is -1.000. The minimum atomic E-state index is 0. The van der Waals surface area contributed by atoms with Gasteiger partial charge in [0.25, 0.3) is 0 Å². The van der Waals surface area contributed by atoms with Gasteiger partial charge in [0, 0.05) is 51.4 Å². The summed E-state index contributed by atoms with van der Waals surface area (Å²) in [4.78, 5) is 23.2. The van der Waals surface area contributed by atoms with Crippen LogP contribution in [0.25, 0.3) is 0 Å². The monoisotopic (exact) mass is 568 g/mol. The molecule has 0 bridgehead atoms. The molecule has 1 atom stereocenters. The molecular weight excluding hydrogens is 538 g/mol. The lowest BCUT2D eigenvalue weighted by Crippen LogP contribution is -2.46. The van der Waals surface area contributed by atoms with Crippen LogP contribution in [0.5, 0.6) is 0 Å². The predicted molar refractivity (Wildman–Crippen MR) is 134 cm³/mol. The number of amides is 1. The summed E-state index contributed by atoms with van der Waals surface area (Å²) in [7, 11) is 1.75. The second-order valence-corrected chi connectivity index (χ2v) is 8.50. The van der Waals surface area contributed by atoms with Crippen molar-refractivity contribution in [3.05, 3.63) is 22.3 Å². The molecule has 0 radical (unpaired) electrons. The molecule has 30 heavy (non-hydrogen) atoms. The van der Waals surface area contributed by atoms with Crippen LogP contribution in [0, 0.1) is 5.92 Å². The van der Waals surface area contributed by atoms with Gasteiger partial charge in [0.05, 0.1) is 10.0 Å². The lowest BCUT2D eigenvalue weighted by Gasteiger charge is -2.26. The van der Waals surface area contributed by atoms with E-state index in [9.17, 15) is 4.79 Å². The number of nitrogens with one attached hydrogen (secondary N) is 3. The van der Waals surface area contributed by atoms with Crippen molar-refractivity contribution in [2.75, 3.05) is 38.5 Å². The van der Waals surface area contributed by atoms with Gasteiger partial charge in [-0.3, -0.25) is 9.79 Å². The third-order valence-electron chi connectivity index (χ3n) is 5.54. The number of pyridine rings is 1. The maximum Gasteiger partial charge on any atom is 0.225 e. The molecule has 1 saturated carbocycles. The molecule has 10 heteroatoms. The molecule has 0 spiro atoms. The zero-order valence-corrected chi connectivity index (χ0v) is 21.1. The van der Waals surface area contributed by atoms with Crippen LogP contribution < -0.4 is 16.0 Å². The maximum absolute atomic E-state index is 12.7. The Morgan fingerprint density at radius 1 is 1.23 bits per heavy atom. The maximum atomic E-state index is 12.7. The molecule has 1 aliphatic carbocycles. The minimum Gasteiger partial charge on any atom is -0.367 e. The van der Waals surface area contributed by atoms with Crippen LogP contribution in [0.4, 0.5) is 5.82 Å². The molecule has 0 aromatic carbocycles. The van der Waals surface area contributed by atoms with E-state index in [-0.39, 0.29) is 35.9 Å². The Bertz CT molecular complexity index is 729. The fourth-order valence-electron chi connectivity index (χ4n) is 3.98. The van der Waals surface area contributed by atoms with Gasteiger partial charge in [0.1, 0.15) is 5.82 Å². The van der Waals surface area contributed by atoms with E-state index in [4.69, 9.17) is 23.2 Å². The fraction of sp³-hybridized carbons (Fsp3) is 0.650. The molecular formula is C20H31Cl2IN6O. The van der Waals surface area contributed by atoms with E-state index < -0.39 is 0 Å². The Balaban J connectivity index is 0.00000320. The number of nitrogens with zero attached hydrogens (tertiary/aromatic N) is 3. The summed E-state index contributed by atoms with van der Waals surface area (Å²) in [5.74, 6) is 1.92. The number of carbonyl (C=O) groups excluding carboxylic acids is 1. The van der Waals surface area contributed by atoms with Gasteiger partial charge in [-0.1, -0.05) is 42.5 Å². The van der Waals surface area contributed by atoms with Gasteiger partial charge in [0.15, 0.2) is 5.96 Å². The van der Waals surface area contributed by atoms with Gasteiger partial charge in [0.2, 0.25) is 5.91 Å². The molecule has 2 heterocycles. The molecule has 1 aromatic rings. The number of rotatable bonds is 6. The molecule has 1 amide bonds. The van der Waals surface area contributed by atoms with E-state index in [2.05, 4.69) is 25.9 Å². The number of halogens is 3. The molecule has 2 aliphatic rings. The van der Waals surface area contributed by atoms with Crippen molar-refractivity contribution in [1.29, 1.82) is 0 Å². The van der Waals surface area contributed by atoms with Gasteiger partial charge in [-0.15, -0.1) is 24.0 Å². The average Bonchev–Trinajstić information content (AvgIpc) is 3.20. The van der Waals surface area contributed by atoms with E-state index in [0.29, 0.717) is 34.9 Å². The SMILES string of the molecule is CN=C(NCCNc1ncc(Cl)cc1Cl)NC1CCN(C(=O)C2CCCCC2)C1.I. The van der Waals surface area contributed by atoms with Crippen LogP contribution in [-0.2, 0) is 4.79 Å². The normalized spacial score (nSPS) is 19.9. The first-order valence-corrected chi connectivity index (χ1v) is 11.1. The highest BCUT2D eigenvalue weighted by molar-refractivity contribution is 14.0. The van der Waals surface area contributed by atoms with Gasteiger partial charge in [-0.05, 0) is 25.3 Å². The number of carbonyl (C=O) groups is 1. The van der Waals surface area contributed by atoms with E-state index in [1.807, 2.05) is 4.90 Å². The van der Waals surface area contributed by atoms with Crippen molar-refractivity contribution < 1.29 is 4.79 Å². The topological polar surface area (TPSA) is 81.7 Å². The smallest absolute Gasteiger partial charge is 0.225 e. The zero-order chi connectivity index (χ0) is 20.6. The van der Waals surface area contributed by atoms with Crippen LogP contribution in [0.2, 0.25) is 10.0 Å². The minimum absolute atomic E-state index is 0. The summed E-state index contributed by atoms with van der Waals surface area (Å²) in [6.07, 6.45) is 8.25. The van der Waals surface area contributed by atoms with E-state index in [1.165, 1.54) is 19.3 Å². The Kier molecular flexibility index (Phi) is 10.7. The van der Waals surface area contributed by atoms with Crippen molar-refractivity contribution in [3.63, 3.8) is 0 Å². The van der Waals surface area contributed by atoms with Gasteiger partial charge in [-0.25, -0.2) is 4.98 Å². The Labute approximate surface area is 205 Å². The molecule has 3 rings (SSSR count). The van der Waals surface area contributed by atoms with Gasteiger partial charge in [-0.2, -0.15) is 0 Å². The molecule has 1 aliphatic heterocycles. The standard InChI is InChI=1S/C20H30Cl2N6O.HI/c1-23-20(25-9-8-24-18-17(22)11-15(21)12-26-18)27-16-7-10-28(13-16)19(29)14-5-3-2-4-6-14;/h11-12,14,16H,2-10,13H2,1H3,(H,24,26)(H2,23,25,27);1H. The van der Waals surface area contributed by atoms with Crippen LogP contribution >= 0.6 is 47.2 Å². The number of anilines is 1. The highest BCUT2D eigenvalue weighted by Crippen LogP contribution is 2.27. The predicted octanol–water partition coefficient (Wildman–Crippen LogP) is 3.76. The molecule has 7 nitrogen and oxygen atoms in total. The lowest BCUT2D eigenvalue weighted by atomic mass is 9.88. The number of likely N-dealkylation sites (tertiary alicyclic amines) is 1. The molecule has 1 unspecified atom stereocenters.